The average Bonchev–Trinajstić information content (AvgIpc) is 3.44. The van der Waals surface area contributed by atoms with Crippen molar-refractivity contribution in [2.24, 2.45) is 5.92 Å². The Bertz CT molecular complexity index is 702. The molecule has 0 aromatic carbocycles. The molecule has 0 radical (unpaired) electrons. The van der Waals surface area contributed by atoms with Gasteiger partial charge in [0, 0.05) is 24.5 Å². The molecule has 0 bridgehead atoms. The number of urea groups is 1. The molecule has 7 nitrogen and oxygen atoms in total. The molecule has 1 atom stereocenters. The number of halogens is 1. The summed E-state index contributed by atoms with van der Waals surface area (Å²) in [5.41, 5.74) is 0.893. The van der Waals surface area contributed by atoms with E-state index >= 15 is 0 Å². The molecule has 2 heterocycles. The van der Waals surface area contributed by atoms with Crippen molar-refractivity contribution in [3.8, 4) is 5.75 Å². The Morgan fingerprint density at radius 2 is 2.21 bits per heavy atom. The van der Waals surface area contributed by atoms with Crippen LogP contribution in [0.2, 0.25) is 0 Å². The van der Waals surface area contributed by atoms with Crippen molar-refractivity contribution in [2.75, 3.05) is 25.4 Å². The van der Waals surface area contributed by atoms with Crippen molar-refractivity contribution in [1.29, 1.82) is 0 Å². The highest BCUT2D eigenvalue weighted by atomic mass is 32.2. The smallest absolute Gasteiger partial charge is 0.324 e. The lowest BCUT2D eigenvalue weighted by Crippen LogP contribution is -2.29. The molecule has 1 saturated heterocycles. The number of nitrogens with zero attached hydrogens (tertiary/aromatic N) is 2. The maximum atomic E-state index is 13.8. The van der Waals surface area contributed by atoms with E-state index in [1.807, 2.05) is 6.92 Å². The second-order valence-corrected chi connectivity index (χ2v) is 8.27. The minimum Gasteiger partial charge on any atom is -0.488 e. The minimum absolute atomic E-state index is 0.0284. The van der Waals surface area contributed by atoms with Crippen LogP contribution in [-0.2, 0) is 4.79 Å². The molecule has 28 heavy (non-hydrogen) atoms. The highest BCUT2D eigenvalue weighted by molar-refractivity contribution is 7.97. The van der Waals surface area contributed by atoms with Gasteiger partial charge in [-0.2, -0.15) is 4.39 Å². The molecule has 2 fully saturated rings. The van der Waals surface area contributed by atoms with Crippen LogP contribution in [-0.4, -0.2) is 47.3 Å². The minimum atomic E-state index is -0.558. The molecule has 1 aromatic rings. The van der Waals surface area contributed by atoms with Crippen LogP contribution in [0, 0.1) is 11.9 Å². The third-order valence-electron chi connectivity index (χ3n) is 4.80. The molecule has 9 heteroatoms. The number of hydrogen-bond acceptors (Lipinski definition) is 6. The summed E-state index contributed by atoms with van der Waals surface area (Å²) in [5.74, 6) is 0.935. The fraction of sp³-hybridized carbons (Fsp3) is 0.632. The summed E-state index contributed by atoms with van der Waals surface area (Å²) in [6, 6.07) is 1.47. The Balaban J connectivity index is 1.29. The maximum Gasteiger partial charge on any atom is 0.324 e. The number of carbonyl (C=O) groups is 2. The monoisotopic (exact) mass is 410 g/mol. The van der Waals surface area contributed by atoms with E-state index in [1.54, 1.807) is 29.1 Å². The van der Waals surface area contributed by atoms with E-state index < -0.39 is 5.95 Å². The van der Waals surface area contributed by atoms with Gasteiger partial charge in [0.15, 0.2) is 5.75 Å². The van der Waals surface area contributed by atoms with E-state index in [0.717, 1.165) is 43.4 Å². The molecule has 1 aliphatic carbocycles. The first-order chi connectivity index (χ1) is 13.5. The molecule has 0 spiro atoms. The first-order valence-electron chi connectivity index (χ1n) is 9.77. The number of imide groups is 1. The van der Waals surface area contributed by atoms with Gasteiger partial charge >= 0.3 is 6.03 Å². The standard InChI is InChI=1S/C19H27FN4O3S/c1-13(15-9-16(18(20)21-10-15)27-12-14-5-6-14)23-28-8-4-2-3-7-24-11-17(25)22-19(24)26/h9-10,13-14,23H,2-8,11-12H2,1H3,(H,22,25,26). The first kappa shape index (κ1) is 20.9. The van der Waals surface area contributed by atoms with Crippen molar-refractivity contribution >= 4 is 23.9 Å². The van der Waals surface area contributed by atoms with Crippen LogP contribution in [0.4, 0.5) is 9.18 Å². The summed E-state index contributed by atoms with van der Waals surface area (Å²) < 4.78 is 22.7. The topological polar surface area (TPSA) is 83.6 Å². The lowest BCUT2D eigenvalue weighted by atomic mass is 10.1. The normalized spacial score (nSPS) is 17.7. The second-order valence-electron chi connectivity index (χ2n) is 7.34. The Labute approximate surface area is 168 Å². The molecule has 2 N–H and O–H groups in total. The molecule has 1 saturated carbocycles. The molecule has 3 amide bonds. The average molecular weight is 411 g/mol. The number of carbonyl (C=O) groups excluding carboxylic acids is 2. The SMILES string of the molecule is CC(NSCCCCCN1CC(=O)NC1=O)c1cnc(F)c(OCC2CC2)c1. The van der Waals surface area contributed by atoms with Crippen LogP contribution < -0.4 is 14.8 Å². The highest BCUT2D eigenvalue weighted by Gasteiger charge is 2.25. The van der Waals surface area contributed by atoms with Crippen LogP contribution in [0.15, 0.2) is 12.3 Å². The fourth-order valence-electron chi connectivity index (χ4n) is 2.84. The lowest BCUT2D eigenvalue weighted by molar-refractivity contribution is -0.118. The van der Waals surface area contributed by atoms with Gasteiger partial charge in [-0.15, -0.1) is 0 Å². The Kier molecular flexibility index (Phi) is 7.50. The number of pyridine rings is 1. The quantitative estimate of drug-likeness (QED) is 0.239. The van der Waals surface area contributed by atoms with Crippen LogP contribution in [0.5, 0.6) is 5.75 Å². The fourth-order valence-corrected chi connectivity index (χ4v) is 3.69. The molecule has 1 unspecified atom stereocenters. The van der Waals surface area contributed by atoms with Gasteiger partial charge in [0.05, 0.1) is 6.61 Å². The molecular weight excluding hydrogens is 383 g/mol. The Morgan fingerprint density at radius 1 is 1.39 bits per heavy atom. The Hall–Kier alpha value is -1.87. The van der Waals surface area contributed by atoms with Crippen LogP contribution in [0.3, 0.4) is 0 Å². The molecule has 3 rings (SSSR count). The number of amides is 3. The van der Waals surface area contributed by atoms with Gasteiger partial charge in [0.2, 0.25) is 5.91 Å². The van der Waals surface area contributed by atoms with Crippen LogP contribution in [0.1, 0.15) is 50.6 Å². The number of aromatic nitrogens is 1. The zero-order valence-electron chi connectivity index (χ0n) is 16.1. The number of ether oxygens (including phenoxy) is 1. The van der Waals surface area contributed by atoms with Gasteiger partial charge < -0.3 is 9.64 Å². The predicted octanol–water partition coefficient (Wildman–Crippen LogP) is 3.03. The zero-order valence-corrected chi connectivity index (χ0v) is 16.9. The summed E-state index contributed by atoms with van der Waals surface area (Å²) in [6.45, 7) is 3.35. The largest absolute Gasteiger partial charge is 0.488 e. The number of nitrogens with one attached hydrogen (secondary N) is 2. The van der Waals surface area contributed by atoms with Crippen molar-refractivity contribution in [3.63, 3.8) is 0 Å². The third-order valence-corrected chi connectivity index (χ3v) is 5.82. The van der Waals surface area contributed by atoms with E-state index in [9.17, 15) is 14.0 Å². The zero-order chi connectivity index (χ0) is 19.9. The molecule has 154 valence electrons. The van der Waals surface area contributed by atoms with E-state index in [0.29, 0.717) is 19.1 Å². The van der Waals surface area contributed by atoms with E-state index in [-0.39, 0.29) is 30.3 Å². The summed E-state index contributed by atoms with van der Waals surface area (Å²) in [7, 11) is 0. The third kappa shape index (κ3) is 6.34. The molecular formula is C19H27FN4O3S. The highest BCUT2D eigenvalue weighted by Crippen LogP contribution is 2.30. The maximum absolute atomic E-state index is 13.8. The van der Waals surface area contributed by atoms with Gasteiger partial charge in [-0.05, 0) is 50.2 Å². The predicted molar refractivity (Wildman–Crippen MR) is 105 cm³/mol. The van der Waals surface area contributed by atoms with Gasteiger partial charge in [-0.3, -0.25) is 14.8 Å². The van der Waals surface area contributed by atoms with Crippen molar-refractivity contribution < 1.29 is 18.7 Å². The molecule has 1 aromatic heterocycles. The van der Waals surface area contributed by atoms with E-state index in [4.69, 9.17) is 4.74 Å². The van der Waals surface area contributed by atoms with Gasteiger partial charge in [0.25, 0.3) is 5.95 Å². The van der Waals surface area contributed by atoms with Crippen molar-refractivity contribution in [3.05, 3.63) is 23.8 Å². The first-order valence-corrected chi connectivity index (χ1v) is 10.8. The lowest BCUT2D eigenvalue weighted by Gasteiger charge is -2.15. The van der Waals surface area contributed by atoms with Gasteiger partial charge in [-0.1, -0.05) is 18.4 Å². The number of rotatable bonds is 12. The molecule has 2 aliphatic rings. The Morgan fingerprint density at radius 3 is 2.93 bits per heavy atom. The van der Waals surface area contributed by atoms with Crippen LogP contribution >= 0.6 is 11.9 Å². The summed E-state index contributed by atoms with van der Waals surface area (Å²) in [6.07, 6.45) is 6.73. The van der Waals surface area contributed by atoms with Gasteiger partial charge in [0.1, 0.15) is 6.54 Å². The van der Waals surface area contributed by atoms with Crippen molar-refractivity contribution in [2.45, 2.75) is 45.1 Å². The summed E-state index contributed by atoms with van der Waals surface area (Å²) in [4.78, 5) is 27.9. The summed E-state index contributed by atoms with van der Waals surface area (Å²) in [5, 5.41) is 2.28. The number of unbranched alkanes of at least 4 members (excludes halogenated alkanes) is 2. The van der Waals surface area contributed by atoms with E-state index in [2.05, 4.69) is 15.0 Å². The van der Waals surface area contributed by atoms with Gasteiger partial charge in [-0.25, -0.2) is 9.78 Å². The molecule has 1 aliphatic heterocycles. The summed E-state index contributed by atoms with van der Waals surface area (Å²) >= 11 is 1.62. The van der Waals surface area contributed by atoms with E-state index in [1.165, 1.54) is 0 Å². The van der Waals surface area contributed by atoms with Crippen LogP contribution in [0.25, 0.3) is 0 Å². The van der Waals surface area contributed by atoms with Crippen molar-refractivity contribution in [1.82, 2.24) is 19.9 Å². The number of hydrogen-bond donors (Lipinski definition) is 2. The second kappa shape index (κ2) is 10.1.